The number of nitrogens with zero attached hydrogens (tertiary/aromatic N) is 1. The van der Waals surface area contributed by atoms with Gasteiger partial charge in [0.05, 0.1) is 16.7 Å². The Bertz CT molecular complexity index is 751. The molecule has 0 aliphatic carbocycles. The highest BCUT2D eigenvalue weighted by Crippen LogP contribution is 2.31. The van der Waals surface area contributed by atoms with Crippen LogP contribution in [0.1, 0.15) is 26.3 Å². The van der Waals surface area contributed by atoms with Crippen LogP contribution in [-0.4, -0.2) is 23.4 Å². The molecule has 0 bridgehead atoms. The van der Waals surface area contributed by atoms with Crippen LogP contribution in [0.25, 0.3) is 0 Å². The van der Waals surface area contributed by atoms with Crippen LogP contribution in [0.3, 0.4) is 0 Å². The number of fused-ring (bicyclic) bond motifs is 1. The largest absolute Gasteiger partial charge is 0.473 e. The van der Waals surface area contributed by atoms with Crippen molar-refractivity contribution in [1.82, 2.24) is 4.90 Å². The molecule has 1 aliphatic rings. The lowest BCUT2D eigenvalue weighted by atomic mass is 10.1. The standard InChI is InChI=1S/C16H10F3NO3/c17-16(18,19)10-4-3-5-11(8-10)23-9-20-14(21)12-6-1-2-7-13(12)15(20)22/h1-8H,9H2. The minimum atomic E-state index is -4.49. The van der Waals surface area contributed by atoms with Crippen molar-refractivity contribution < 1.29 is 27.5 Å². The zero-order valence-electron chi connectivity index (χ0n) is 11.6. The van der Waals surface area contributed by atoms with Crippen molar-refractivity contribution in [2.75, 3.05) is 6.73 Å². The minimum absolute atomic E-state index is 0.0728. The van der Waals surface area contributed by atoms with Crippen LogP contribution in [0.5, 0.6) is 5.75 Å². The number of rotatable bonds is 3. The van der Waals surface area contributed by atoms with Gasteiger partial charge in [0.1, 0.15) is 5.75 Å². The maximum atomic E-state index is 12.6. The number of hydrogen-bond acceptors (Lipinski definition) is 3. The third-order valence-electron chi connectivity index (χ3n) is 3.40. The van der Waals surface area contributed by atoms with Crippen LogP contribution in [0.2, 0.25) is 0 Å². The summed E-state index contributed by atoms with van der Waals surface area (Å²) in [6, 6.07) is 10.5. The summed E-state index contributed by atoms with van der Waals surface area (Å²) in [5, 5.41) is 0. The summed E-state index contributed by atoms with van der Waals surface area (Å²) in [6.45, 7) is -0.451. The molecule has 0 saturated heterocycles. The second-order valence-electron chi connectivity index (χ2n) is 4.88. The number of benzene rings is 2. The SMILES string of the molecule is O=C1c2ccccc2C(=O)N1COc1cccc(C(F)(F)F)c1. The Hall–Kier alpha value is -2.83. The molecule has 2 amide bonds. The summed E-state index contributed by atoms with van der Waals surface area (Å²) in [6.07, 6.45) is -4.49. The second-order valence-corrected chi connectivity index (χ2v) is 4.88. The topological polar surface area (TPSA) is 46.6 Å². The van der Waals surface area contributed by atoms with E-state index in [2.05, 4.69) is 0 Å². The Kier molecular flexibility index (Phi) is 3.55. The second kappa shape index (κ2) is 5.42. The molecule has 0 unspecified atom stereocenters. The molecule has 0 atom stereocenters. The first-order valence-electron chi connectivity index (χ1n) is 6.63. The third kappa shape index (κ3) is 2.77. The Balaban J connectivity index is 1.75. The molecular weight excluding hydrogens is 311 g/mol. The van der Waals surface area contributed by atoms with E-state index in [1.54, 1.807) is 12.1 Å². The fraction of sp³-hybridized carbons (Fsp3) is 0.125. The highest BCUT2D eigenvalue weighted by molar-refractivity contribution is 6.21. The fourth-order valence-electron chi connectivity index (χ4n) is 2.26. The molecule has 0 N–H and O–H groups in total. The van der Waals surface area contributed by atoms with Gasteiger partial charge in [0, 0.05) is 0 Å². The molecule has 23 heavy (non-hydrogen) atoms. The van der Waals surface area contributed by atoms with Crippen molar-refractivity contribution >= 4 is 11.8 Å². The van der Waals surface area contributed by atoms with Gasteiger partial charge in [0.25, 0.3) is 11.8 Å². The van der Waals surface area contributed by atoms with Crippen molar-refractivity contribution in [1.29, 1.82) is 0 Å². The van der Waals surface area contributed by atoms with E-state index in [0.717, 1.165) is 17.0 Å². The van der Waals surface area contributed by atoms with E-state index in [-0.39, 0.29) is 16.9 Å². The van der Waals surface area contributed by atoms with Gasteiger partial charge in [-0.25, -0.2) is 4.90 Å². The summed E-state index contributed by atoms with van der Waals surface area (Å²) < 4.78 is 43.1. The first kappa shape index (κ1) is 15.1. The molecule has 4 nitrogen and oxygen atoms in total. The van der Waals surface area contributed by atoms with E-state index >= 15 is 0 Å². The molecule has 1 aliphatic heterocycles. The lowest BCUT2D eigenvalue weighted by molar-refractivity contribution is -0.137. The molecule has 0 radical (unpaired) electrons. The third-order valence-corrected chi connectivity index (χ3v) is 3.40. The monoisotopic (exact) mass is 321 g/mol. The van der Waals surface area contributed by atoms with Gasteiger partial charge in [-0.05, 0) is 30.3 Å². The quantitative estimate of drug-likeness (QED) is 0.815. The molecule has 118 valence electrons. The van der Waals surface area contributed by atoms with Crippen molar-refractivity contribution in [2.24, 2.45) is 0 Å². The maximum Gasteiger partial charge on any atom is 0.416 e. The summed E-state index contributed by atoms with van der Waals surface area (Å²) in [7, 11) is 0. The fourth-order valence-corrected chi connectivity index (χ4v) is 2.26. The normalized spacial score (nSPS) is 14.1. The van der Waals surface area contributed by atoms with Crippen LogP contribution < -0.4 is 4.74 Å². The first-order valence-corrected chi connectivity index (χ1v) is 6.63. The molecular formula is C16H10F3NO3. The van der Waals surface area contributed by atoms with Crippen LogP contribution in [0, 0.1) is 0 Å². The summed E-state index contributed by atoms with van der Waals surface area (Å²) >= 11 is 0. The average molecular weight is 321 g/mol. The number of hydrogen-bond donors (Lipinski definition) is 0. The van der Waals surface area contributed by atoms with E-state index in [1.165, 1.54) is 24.3 Å². The number of halogens is 3. The summed E-state index contributed by atoms with van der Waals surface area (Å²) in [4.78, 5) is 25.1. The molecule has 3 rings (SSSR count). The maximum absolute atomic E-state index is 12.6. The van der Waals surface area contributed by atoms with E-state index in [9.17, 15) is 22.8 Å². The van der Waals surface area contributed by atoms with Gasteiger partial charge in [-0.3, -0.25) is 9.59 Å². The van der Waals surface area contributed by atoms with E-state index in [4.69, 9.17) is 4.74 Å². The Morgan fingerprint density at radius 1 is 0.913 bits per heavy atom. The van der Waals surface area contributed by atoms with Crippen molar-refractivity contribution in [3.05, 3.63) is 65.2 Å². The number of carbonyl (C=O) groups is 2. The zero-order valence-corrected chi connectivity index (χ0v) is 11.6. The molecule has 7 heteroatoms. The highest BCUT2D eigenvalue weighted by Gasteiger charge is 2.35. The Morgan fingerprint density at radius 2 is 1.52 bits per heavy atom. The van der Waals surface area contributed by atoms with Gasteiger partial charge in [-0.2, -0.15) is 13.2 Å². The van der Waals surface area contributed by atoms with Crippen molar-refractivity contribution in [2.45, 2.75) is 6.18 Å². The minimum Gasteiger partial charge on any atom is -0.473 e. The molecule has 1 heterocycles. The molecule has 2 aromatic carbocycles. The van der Waals surface area contributed by atoms with Crippen molar-refractivity contribution in [3.63, 3.8) is 0 Å². The predicted molar refractivity (Wildman–Crippen MR) is 73.9 cm³/mol. The predicted octanol–water partition coefficient (Wildman–Crippen LogP) is 3.34. The van der Waals surface area contributed by atoms with Crippen molar-refractivity contribution in [3.8, 4) is 5.75 Å². The number of amides is 2. The van der Waals surface area contributed by atoms with Gasteiger partial charge < -0.3 is 4.74 Å². The van der Waals surface area contributed by atoms with Gasteiger partial charge >= 0.3 is 6.18 Å². The molecule has 0 fully saturated rings. The molecule has 0 saturated carbocycles. The highest BCUT2D eigenvalue weighted by atomic mass is 19.4. The molecule has 0 aromatic heterocycles. The van der Waals surface area contributed by atoms with Crippen LogP contribution in [0.4, 0.5) is 13.2 Å². The smallest absolute Gasteiger partial charge is 0.416 e. The number of carbonyl (C=O) groups excluding carboxylic acids is 2. The number of alkyl halides is 3. The summed E-state index contributed by atoms with van der Waals surface area (Å²) in [5.74, 6) is -1.13. The van der Waals surface area contributed by atoms with E-state index < -0.39 is 30.3 Å². The van der Waals surface area contributed by atoms with Crippen LogP contribution in [-0.2, 0) is 6.18 Å². The molecule has 0 spiro atoms. The van der Waals surface area contributed by atoms with E-state index in [0.29, 0.717) is 0 Å². The first-order chi connectivity index (χ1) is 10.9. The van der Waals surface area contributed by atoms with E-state index in [1.807, 2.05) is 0 Å². The average Bonchev–Trinajstić information content (AvgIpc) is 2.77. The van der Waals surface area contributed by atoms with Gasteiger partial charge in [0.15, 0.2) is 6.73 Å². The van der Waals surface area contributed by atoms with Gasteiger partial charge in [-0.15, -0.1) is 0 Å². The Labute approximate surface area is 129 Å². The van der Waals surface area contributed by atoms with Crippen LogP contribution in [0.15, 0.2) is 48.5 Å². The lowest BCUT2D eigenvalue weighted by Gasteiger charge is -2.15. The van der Waals surface area contributed by atoms with Gasteiger partial charge in [0.2, 0.25) is 0 Å². The lowest BCUT2D eigenvalue weighted by Crippen LogP contribution is -2.33. The number of imide groups is 1. The number of ether oxygens (including phenoxy) is 1. The van der Waals surface area contributed by atoms with Gasteiger partial charge in [-0.1, -0.05) is 18.2 Å². The zero-order chi connectivity index (χ0) is 16.6. The Morgan fingerprint density at radius 3 is 2.09 bits per heavy atom. The van der Waals surface area contributed by atoms with Crippen LogP contribution >= 0.6 is 0 Å². The summed E-state index contributed by atoms with van der Waals surface area (Å²) in [5.41, 5.74) is -0.354. The molecule has 2 aromatic rings.